The molecule has 0 amide bonds. The summed E-state index contributed by atoms with van der Waals surface area (Å²) in [6.07, 6.45) is 8.98. The summed E-state index contributed by atoms with van der Waals surface area (Å²) < 4.78 is 9.53. The molecule has 0 spiro atoms. The molecule has 0 aliphatic heterocycles. The molecule has 0 rings (SSSR count). The van der Waals surface area contributed by atoms with Gasteiger partial charge in [0, 0.05) is 37.6 Å². The summed E-state index contributed by atoms with van der Waals surface area (Å²) in [6.45, 7) is 16.4. The van der Waals surface area contributed by atoms with E-state index in [0.717, 1.165) is 13.0 Å². The quantitative estimate of drug-likeness (QED) is 0.296. The van der Waals surface area contributed by atoms with Gasteiger partial charge in [0.15, 0.2) is 0 Å². The second-order valence-electron chi connectivity index (χ2n) is 4.31. The Labute approximate surface area is 147 Å². The van der Waals surface area contributed by atoms with Gasteiger partial charge >= 0.3 is 0 Å². The zero-order valence-electron chi connectivity index (χ0n) is 15.7. The van der Waals surface area contributed by atoms with E-state index >= 15 is 0 Å². The van der Waals surface area contributed by atoms with E-state index in [-0.39, 0.29) is 23.9 Å². The van der Waals surface area contributed by atoms with Gasteiger partial charge in [0.05, 0.1) is 0 Å². The summed E-state index contributed by atoms with van der Waals surface area (Å²) in [5.74, 6) is 0. The molecule has 2 nitrogen and oxygen atoms in total. The topological polar surface area (TPSA) is 18.5 Å². The average Bonchev–Trinajstić information content (AvgIpc) is 2.48. The fourth-order valence-corrected chi connectivity index (χ4v) is 0.287. The molecule has 0 saturated heterocycles. The van der Waals surface area contributed by atoms with E-state index in [1.54, 1.807) is 7.11 Å². The molecule has 0 saturated carbocycles. The molecule has 0 aliphatic carbocycles. The minimum absolute atomic E-state index is 0. The molecule has 0 heterocycles. The third-order valence-electron chi connectivity index (χ3n) is 2.05. The summed E-state index contributed by atoms with van der Waals surface area (Å²) in [5.41, 5.74) is 0. The van der Waals surface area contributed by atoms with Crippen molar-refractivity contribution in [3.8, 4) is 0 Å². The Balaban J connectivity index is -0.0000000512. The number of rotatable bonds is 7. The number of hydrogen-bond donors (Lipinski definition) is 0. The van der Waals surface area contributed by atoms with Crippen LogP contribution in [0.2, 0.25) is 0 Å². The molecular formula is C17H42O2Sn. The van der Waals surface area contributed by atoms with Crippen LogP contribution in [0, 0.1) is 0 Å². The van der Waals surface area contributed by atoms with Crippen molar-refractivity contribution in [1.29, 1.82) is 0 Å². The number of methoxy groups -OCH3 is 1. The third kappa shape index (κ3) is 98.6. The first-order valence-corrected chi connectivity index (χ1v) is 8.22. The molecule has 20 heavy (non-hydrogen) atoms. The monoisotopic (exact) mass is 398 g/mol. The third-order valence-corrected chi connectivity index (χ3v) is 2.05. The van der Waals surface area contributed by atoms with Gasteiger partial charge in [0.25, 0.3) is 0 Å². The van der Waals surface area contributed by atoms with Crippen LogP contribution in [0.5, 0.6) is 0 Å². The molecule has 0 aromatic heterocycles. The van der Waals surface area contributed by atoms with Crippen LogP contribution in [0.15, 0.2) is 0 Å². The second kappa shape index (κ2) is 50.3. The van der Waals surface area contributed by atoms with E-state index in [4.69, 9.17) is 4.74 Å². The van der Waals surface area contributed by atoms with Crippen molar-refractivity contribution in [2.24, 2.45) is 0 Å². The number of hydrogen-bond acceptors (Lipinski definition) is 2. The van der Waals surface area contributed by atoms with Gasteiger partial charge in [0.2, 0.25) is 0 Å². The van der Waals surface area contributed by atoms with Crippen LogP contribution < -0.4 is 0 Å². The summed E-state index contributed by atoms with van der Waals surface area (Å²) in [6, 6.07) is 0. The van der Waals surface area contributed by atoms with E-state index in [2.05, 4.69) is 53.2 Å². The molecule has 4 radical (unpaired) electrons. The van der Waals surface area contributed by atoms with Crippen molar-refractivity contribution >= 4 is 23.9 Å². The Morgan fingerprint density at radius 3 is 1.00 bits per heavy atom. The van der Waals surface area contributed by atoms with E-state index in [1.807, 2.05) is 0 Å². The van der Waals surface area contributed by atoms with Gasteiger partial charge in [0.1, 0.15) is 6.79 Å². The van der Waals surface area contributed by atoms with E-state index in [1.165, 1.54) is 38.5 Å². The molecule has 0 aliphatic rings. The first-order chi connectivity index (χ1) is 9.16. The molecule has 0 atom stereocenters. The Hall–Kier alpha value is 0.719. The Bertz CT molecular complexity index is 71.5. The summed E-state index contributed by atoms with van der Waals surface area (Å²) >= 11 is 0. The van der Waals surface area contributed by atoms with Crippen molar-refractivity contribution in [3.05, 3.63) is 0 Å². The number of ether oxygens (including phenoxy) is 2. The predicted octanol–water partition coefficient (Wildman–Crippen LogP) is 6.06. The Kier molecular flexibility index (Phi) is 82.0. The summed E-state index contributed by atoms with van der Waals surface area (Å²) in [4.78, 5) is 0. The first-order valence-electron chi connectivity index (χ1n) is 8.22. The van der Waals surface area contributed by atoms with Gasteiger partial charge in [-0.15, -0.1) is 0 Å². The normalized spacial score (nSPS) is 7.80. The molecular weight excluding hydrogens is 355 g/mol. The van der Waals surface area contributed by atoms with Crippen molar-refractivity contribution in [2.45, 2.75) is 93.4 Å². The largest absolute Gasteiger partial charge is 0.359 e. The summed E-state index contributed by atoms with van der Waals surface area (Å²) in [7, 11) is 1.62. The van der Waals surface area contributed by atoms with Gasteiger partial charge in [-0.1, -0.05) is 87.0 Å². The Morgan fingerprint density at radius 1 is 0.550 bits per heavy atom. The molecule has 0 N–H and O–H groups in total. The molecule has 0 aromatic carbocycles. The predicted molar refractivity (Wildman–Crippen MR) is 95.6 cm³/mol. The van der Waals surface area contributed by atoms with Crippen LogP contribution in [0.1, 0.15) is 93.4 Å². The minimum Gasteiger partial charge on any atom is -0.359 e. The zero-order valence-corrected chi connectivity index (χ0v) is 18.5. The van der Waals surface area contributed by atoms with Gasteiger partial charge in [-0.2, -0.15) is 0 Å². The SMILES string of the molecule is CCCC.CCCC.CCCC.CCCOCOC.[Sn]. The van der Waals surface area contributed by atoms with Crippen LogP contribution >= 0.6 is 0 Å². The summed E-state index contributed by atoms with van der Waals surface area (Å²) in [5, 5.41) is 0. The second-order valence-corrected chi connectivity index (χ2v) is 4.31. The van der Waals surface area contributed by atoms with Crippen LogP contribution in [0.4, 0.5) is 0 Å². The van der Waals surface area contributed by atoms with E-state index in [0.29, 0.717) is 6.79 Å². The smallest absolute Gasteiger partial charge is 0.146 e. The molecule has 0 bridgehead atoms. The maximum atomic E-state index is 4.91. The maximum Gasteiger partial charge on any atom is 0.146 e. The van der Waals surface area contributed by atoms with Crippen LogP contribution in [0.3, 0.4) is 0 Å². The van der Waals surface area contributed by atoms with Gasteiger partial charge in [-0.05, 0) is 6.42 Å². The van der Waals surface area contributed by atoms with E-state index < -0.39 is 0 Å². The van der Waals surface area contributed by atoms with Gasteiger partial charge in [-0.25, -0.2) is 0 Å². The van der Waals surface area contributed by atoms with E-state index in [9.17, 15) is 0 Å². The molecule has 3 heteroatoms. The zero-order chi connectivity index (χ0) is 15.8. The maximum absolute atomic E-state index is 4.91. The average molecular weight is 397 g/mol. The standard InChI is InChI=1S/C5H12O2.3C4H10.Sn/c1-3-4-7-5-6-2;3*1-3-4-2;/h3-5H2,1-2H3;3*3-4H2,1-2H3;. The van der Waals surface area contributed by atoms with Crippen LogP contribution in [-0.4, -0.2) is 44.4 Å². The first kappa shape index (κ1) is 32.6. The molecule has 0 unspecified atom stereocenters. The minimum atomic E-state index is 0. The molecule has 126 valence electrons. The number of unbranched alkanes of at least 4 members (excludes halogenated alkanes) is 3. The Morgan fingerprint density at radius 2 is 0.850 bits per heavy atom. The molecule has 0 aromatic rings. The van der Waals surface area contributed by atoms with Gasteiger partial charge in [-0.3, -0.25) is 0 Å². The van der Waals surface area contributed by atoms with Gasteiger partial charge < -0.3 is 9.47 Å². The van der Waals surface area contributed by atoms with Crippen molar-refractivity contribution in [1.82, 2.24) is 0 Å². The fraction of sp³-hybridized carbons (Fsp3) is 1.00. The fourth-order valence-electron chi connectivity index (χ4n) is 0.287. The van der Waals surface area contributed by atoms with Crippen molar-refractivity contribution in [3.63, 3.8) is 0 Å². The molecule has 0 fully saturated rings. The van der Waals surface area contributed by atoms with Crippen molar-refractivity contribution < 1.29 is 9.47 Å². The van der Waals surface area contributed by atoms with Crippen molar-refractivity contribution in [2.75, 3.05) is 20.5 Å². The van der Waals surface area contributed by atoms with Crippen LogP contribution in [-0.2, 0) is 9.47 Å². The van der Waals surface area contributed by atoms with Crippen LogP contribution in [0.25, 0.3) is 0 Å².